The number of fused-ring (bicyclic) bond motifs is 3. The first-order valence-electron chi connectivity index (χ1n) is 12.5. The van der Waals surface area contributed by atoms with Crippen LogP contribution in [-0.4, -0.2) is 69.4 Å². The molecule has 1 aliphatic heterocycles. The number of imidazole rings is 1. The summed E-state index contributed by atoms with van der Waals surface area (Å²) in [5.74, 6) is 2.02. The number of amides is 2. The van der Waals surface area contributed by atoms with Crippen LogP contribution in [0.15, 0.2) is 18.2 Å². The maximum Gasteiger partial charge on any atom is 0.404 e. The van der Waals surface area contributed by atoms with E-state index < -0.39 is 6.09 Å². The van der Waals surface area contributed by atoms with Crippen molar-refractivity contribution in [3.63, 3.8) is 0 Å². The lowest BCUT2D eigenvalue weighted by molar-refractivity contribution is -0.127. The summed E-state index contributed by atoms with van der Waals surface area (Å²) in [5.41, 5.74) is 8.54. The number of nitrogens with two attached hydrogens (primary N) is 1. The first-order valence-corrected chi connectivity index (χ1v) is 12.5. The van der Waals surface area contributed by atoms with Gasteiger partial charge in [-0.25, -0.2) is 14.8 Å². The van der Waals surface area contributed by atoms with Crippen LogP contribution in [-0.2, 0) is 22.7 Å². The zero-order valence-electron chi connectivity index (χ0n) is 20.7. The number of nitrogens with zero attached hydrogens (tertiary/aromatic N) is 4. The zero-order valence-corrected chi connectivity index (χ0v) is 20.7. The van der Waals surface area contributed by atoms with Crippen LogP contribution in [0, 0.1) is 0 Å². The standard InChI is InChI=1S/C25H34N6O5/c1-2-35-16-20-29-22-23(31(20)13-4-3-10-27-25(33)34)18-9-8-17(15-19(18)28-24(22)26)36-14-6-12-30-11-5-7-21(30)32/h8-9,15,27H,2-7,10-14,16H2,1H3,(H2,26,28)(H,33,34). The van der Waals surface area contributed by atoms with Gasteiger partial charge in [-0.2, -0.15) is 0 Å². The fourth-order valence-electron chi connectivity index (χ4n) is 4.55. The molecule has 11 heteroatoms. The summed E-state index contributed by atoms with van der Waals surface area (Å²) < 4.78 is 13.7. The molecule has 4 N–H and O–H groups in total. The molecule has 0 radical (unpaired) electrons. The van der Waals surface area contributed by atoms with Gasteiger partial charge in [-0.1, -0.05) is 0 Å². The average Bonchev–Trinajstić information content (AvgIpc) is 3.43. The second-order valence-corrected chi connectivity index (χ2v) is 8.82. The second-order valence-electron chi connectivity index (χ2n) is 8.82. The van der Waals surface area contributed by atoms with Crippen LogP contribution in [0.4, 0.5) is 10.6 Å². The highest BCUT2D eigenvalue weighted by Gasteiger charge is 2.20. The molecule has 0 aliphatic carbocycles. The Morgan fingerprint density at radius 1 is 1.22 bits per heavy atom. The molecule has 1 saturated heterocycles. The number of benzene rings is 1. The normalized spacial score (nSPS) is 13.7. The predicted molar refractivity (Wildman–Crippen MR) is 136 cm³/mol. The van der Waals surface area contributed by atoms with Crippen molar-refractivity contribution in [2.45, 2.75) is 52.2 Å². The first-order chi connectivity index (χ1) is 17.5. The minimum atomic E-state index is -1.02. The number of aromatic nitrogens is 3. The molecule has 3 aromatic rings. The highest BCUT2D eigenvalue weighted by atomic mass is 16.5. The highest BCUT2D eigenvalue weighted by Crippen LogP contribution is 2.31. The predicted octanol–water partition coefficient (Wildman–Crippen LogP) is 3.14. The van der Waals surface area contributed by atoms with Crippen LogP contribution in [0.5, 0.6) is 5.75 Å². The van der Waals surface area contributed by atoms with E-state index in [0.29, 0.717) is 74.9 Å². The van der Waals surface area contributed by atoms with Gasteiger partial charge in [-0.05, 0) is 44.7 Å². The number of carbonyl (C=O) groups is 2. The average molecular weight is 499 g/mol. The molecule has 1 aliphatic rings. The van der Waals surface area contributed by atoms with E-state index in [9.17, 15) is 9.59 Å². The van der Waals surface area contributed by atoms with Crippen LogP contribution >= 0.6 is 0 Å². The summed E-state index contributed by atoms with van der Waals surface area (Å²) in [6, 6.07) is 5.76. The first kappa shape index (κ1) is 25.5. The molecule has 0 spiro atoms. The number of anilines is 1. The summed E-state index contributed by atoms with van der Waals surface area (Å²) in [5, 5.41) is 12.1. The number of ether oxygens (including phenoxy) is 2. The highest BCUT2D eigenvalue weighted by molar-refractivity contribution is 6.06. The van der Waals surface area contributed by atoms with Gasteiger partial charge < -0.3 is 35.1 Å². The molecule has 0 saturated carbocycles. The Morgan fingerprint density at radius 2 is 2.08 bits per heavy atom. The van der Waals surface area contributed by atoms with Gasteiger partial charge in [-0.15, -0.1) is 0 Å². The van der Waals surface area contributed by atoms with Gasteiger partial charge in [0.1, 0.15) is 23.7 Å². The molecular weight excluding hydrogens is 464 g/mol. The number of carboxylic acid groups (broad SMARTS) is 1. The van der Waals surface area contributed by atoms with Gasteiger partial charge in [0.2, 0.25) is 5.91 Å². The summed E-state index contributed by atoms with van der Waals surface area (Å²) in [4.78, 5) is 33.7. The molecule has 194 valence electrons. The van der Waals surface area contributed by atoms with Crippen LogP contribution in [0.2, 0.25) is 0 Å². The molecule has 1 aromatic carbocycles. The van der Waals surface area contributed by atoms with Gasteiger partial charge in [-0.3, -0.25) is 4.79 Å². The van der Waals surface area contributed by atoms with Crippen LogP contribution < -0.4 is 15.8 Å². The maximum atomic E-state index is 11.8. The lowest BCUT2D eigenvalue weighted by Crippen LogP contribution is -2.26. The topological polar surface area (TPSA) is 145 Å². The van der Waals surface area contributed by atoms with E-state index in [2.05, 4.69) is 14.9 Å². The third-order valence-corrected chi connectivity index (χ3v) is 6.29. The fourth-order valence-corrected chi connectivity index (χ4v) is 4.55. The number of likely N-dealkylation sites (tertiary alicyclic amines) is 1. The summed E-state index contributed by atoms with van der Waals surface area (Å²) >= 11 is 0. The number of nitrogens with one attached hydrogen (secondary N) is 1. The van der Waals surface area contributed by atoms with E-state index in [4.69, 9.17) is 25.3 Å². The van der Waals surface area contributed by atoms with Crippen LogP contribution in [0.3, 0.4) is 0 Å². The van der Waals surface area contributed by atoms with Crippen molar-refractivity contribution in [3.05, 3.63) is 24.0 Å². The van der Waals surface area contributed by atoms with Gasteiger partial charge >= 0.3 is 6.09 Å². The number of hydrogen-bond acceptors (Lipinski definition) is 7. The molecule has 2 aromatic heterocycles. The number of unbranched alkanes of at least 4 members (excludes halogenated alkanes) is 1. The van der Waals surface area contributed by atoms with Crippen molar-refractivity contribution >= 4 is 39.8 Å². The number of pyridine rings is 1. The Kier molecular flexibility index (Phi) is 8.42. The van der Waals surface area contributed by atoms with E-state index in [1.807, 2.05) is 30.0 Å². The van der Waals surface area contributed by atoms with E-state index in [1.54, 1.807) is 0 Å². The summed E-state index contributed by atoms with van der Waals surface area (Å²) in [7, 11) is 0. The third kappa shape index (κ3) is 5.96. The molecule has 0 bridgehead atoms. The Labute approximate surface area is 209 Å². The van der Waals surface area contributed by atoms with Gasteiger partial charge in [0.15, 0.2) is 5.82 Å². The molecule has 4 rings (SSSR count). The van der Waals surface area contributed by atoms with Crippen molar-refractivity contribution in [3.8, 4) is 5.75 Å². The van der Waals surface area contributed by atoms with Crippen molar-refractivity contribution < 1.29 is 24.2 Å². The van der Waals surface area contributed by atoms with Crippen molar-refractivity contribution in [2.75, 3.05) is 38.6 Å². The third-order valence-electron chi connectivity index (χ3n) is 6.29. The monoisotopic (exact) mass is 498 g/mol. The lowest BCUT2D eigenvalue weighted by Gasteiger charge is -2.15. The van der Waals surface area contributed by atoms with Crippen LogP contribution in [0.25, 0.3) is 21.9 Å². The van der Waals surface area contributed by atoms with Gasteiger partial charge in [0, 0.05) is 50.7 Å². The molecular formula is C25H34N6O5. The molecule has 0 atom stereocenters. The lowest BCUT2D eigenvalue weighted by atomic mass is 10.1. The van der Waals surface area contributed by atoms with Gasteiger partial charge in [0.05, 0.1) is 17.6 Å². The summed E-state index contributed by atoms with van der Waals surface area (Å²) in [6.07, 6.45) is 2.79. The number of hydrogen-bond donors (Lipinski definition) is 3. The minimum absolute atomic E-state index is 0.225. The summed E-state index contributed by atoms with van der Waals surface area (Å²) in [6.45, 7) is 5.93. The molecule has 0 unspecified atom stereocenters. The van der Waals surface area contributed by atoms with E-state index >= 15 is 0 Å². The van der Waals surface area contributed by atoms with Crippen molar-refractivity contribution in [1.29, 1.82) is 0 Å². The Balaban J connectivity index is 1.53. The largest absolute Gasteiger partial charge is 0.493 e. The number of carbonyl (C=O) groups excluding carboxylic acids is 1. The second kappa shape index (κ2) is 11.9. The van der Waals surface area contributed by atoms with E-state index in [1.165, 1.54) is 0 Å². The Hall–Kier alpha value is -3.60. The number of nitrogen functional groups attached to an aromatic ring is 1. The van der Waals surface area contributed by atoms with Crippen molar-refractivity contribution in [2.24, 2.45) is 0 Å². The quantitative estimate of drug-likeness (QED) is 0.305. The minimum Gasteiger partial charge on any atom is -0.493 e. The van der Waals surface area contributed by atoms with E-state index in [-0.39, 0.29) is 5.91 Å². The Morgan fingerprint density at radius 3 is 2.83 bits per heavy atom. The maximum absolute atomic E-state index is 11.8. The molecule has 3 heterocycles. The zero-order chi connectivity index (χ0) is 25.5. The number of aryl methyl sites for hydroxylation is 1. The Bertz CT molecular complexity index is 1230. The van der Waals surface area contributed by atoms with Crippen LogP contribution in [0.1, 0.15) is 44.9 Å². The van der Waals surface area contributed by atoms with Crippen molar-refractivity contribution in [1.82, 2.24) is 24.8 Å². The van der Waals surface area contributed by atoms with Gasteiger partial charge in [0.25, 0.3) is 0 Å². The molecule has 11 nitrogen and oxygen atoms in total. The smallest absolute Gasteiger partial charge is 0.404 e. The SMILES string of the molecule is CCOCc1nc2c(N)nc3cc(OCCCN4CCCC4=O)ccc3c2n1CCCCNC(=O)O. The molecule has 1 fully saturated rings. The molecule has 2 amide bonds. The van der Waals surface area contributed by atoms with E-state index in [0.717, 1.165) is 42.5 Å². The number of rotatable bonds is 13. The molecule has 36 heavy (non-hydrogen) atoms. The fraction of sp³-hybridized carbons (Fsp3) is 0.520.